The summed E-state index contributed by atoms with van der Waals surface area (Å²) >= 11 is 0. The molecule has 0 saturated carbocycles. The number of carbonyl (C=O) groups excluding carboxylic acids is 1. The lowest BCUT2D eigenvalue weighted by molar-refractivity contribution is -0.302. The molecule has 9 heteroatoms. The van der Waals surface area contributed by atoms with Crippen LogP contribution < -0.4 is 5.32 Å². The molecule has 7 atom stereocenters. The van der Waals surface area contributed by atoms with E-state index in [0.29, 0.717) is 6.42 Å². The minimum atomic E-state index is -1.57. The Labute approximate surface area is 335 Å². The van der Waals surface area contributed by atoms with Crippen molar-refractivity contribution in [3.8, 4) is 0 Å². The Morgan fingerprint density at radius 1 is 0.618 bits per heavy atom. The first-order chi connectivity index (χ1) is 26.8. The van der Waals surface area contributed by atoms with Crippen molar-refractivity contribution in [1.29, 1.82) is 0 Å². The molecule has 1 rings (SSSR count). The number of hydrogen-bond acceptors (Lipinski definition) is 8. The molecule has 7 unspecified atom stereocenters. The van der Waals surface area contributed by atoms with Crippen LogP contribution in [0.25, 0.3) is 0 Å². The van der Waals surface area contributed by atoms with Gasteiger partial charge in [0, 0.05) is 6.42 Å². The van der Waals surface area contributed by atoms with Crippen LogP contribution in [0.1, 0.15) is 181 Å². The molecule has 320 valence electrons. The third-order valence-electron chi connectivity index (χ3n) is 10.4. The number of allylic oxidation sites excluding steroid dienone is 7. The Hall–Kier alpha value is -1.85. The molecule has 1 fully saturated rings. The molecule has 0 spiro atoms. The summed E-state index contributed by atoms with van der Waals surface area (Å²) in [5, 5.41) is 54.1. The molecule has 1 aliphatic rings. The van der Waals surface area contributed by atoms with Gasteiger partial charge in [-0.05, 0) is 64.2 Å². The summed E-state index contributed by atoms with van der Waals surface area (Å²) in [4.78, 5) is 12.9. The molecule has 9 nitrogen and oxygen atoms in total. The maximum atomic E-state index is 12.9. The minimum Gasteiger partial charge on any atom is -0.394 e. The summed E-state index contributed by atoms with van der Waals surface area (Å²) < 4.78 is 11.2. The number of nitrogens with one attached hydrogen (secondary N) is 1. The van der Waals surface area contributed by atoms with E-state index in [-0.39, 0.29) is 12.5 Å². The lowest BCUT2D eigenvalue weighted by Crippen LogP contribution is -2.60. The van der Waals surface area contributed by atoms with Crippen molar-refractivity contribution in [1.82, 2.24) is 5.32 Å². The van der Waals surface area contributed by atoms with Crippen molar-refractivity contribution in [2.75, 3.05) is 13.2 Å². The van der Waals surface area contributed by atoms with Crippen molar-refractivity contribution in [2.45, 2.75) is 224 Å². The zero-order valence-electron chi connectivity index (χ0n) is 34.9. The topological polar surface area (TPSA) is 149 Å². The van der Waals surface area contributed by atoms with E-state index >= 15 is 0 Å². The fourth-order valence-corrected chi connectivity index (χ4v) is 6.73. The Kier molecular flexibility index (Phi) is 33.9. The van der Waals surface area contributed by atoms with Crippen molar-refractivity contribution < 1.29 is 39.8 Å². The average Bonchev–Trinajstić information content (AvgIpc) is 3.18. The SMILES string of the molecule is CCCCCC/C=C\C/C=C\CCCCCCCC(=O)NC(COC1OC(CO)C(O)C(O)C1O)C(O)/C=C/CC/C=C/CCCCCCCCCCCC. The highest BCUT2D eigenvalue weighted by Crippen LogP contribution is 2.22. The second-order valence-electron chi connectivity index (χ2n) is 15.5. The monoisotopic (exact) mass is 778 g/mol. The van der Waals surface area contributed by atoms with E-state index in [0.717, 1.165) is 64.2 Å². The van der Waals surface area contributed by atoms with Crippen LogP contribution in [-0.2, 0) is 14.3 Å². The Morgan fingerprint density at radius 3 is 1.65 bits per heavy atom. The van der Waals surface area contributed by atoms with Crippen LogP contribution in [0.4, 0.5) is 0 Å². The molecule has 0 bridgehead atoms. The molecule has 1 heterocycles. The maximum Gasteiger partial charge on any atom is 0.220 e. The number of aliphatic hydroxyl groups excluding tert-OH is 5. The smallest absolute Gasteiger partial charge is 0.220 e. The summed E-state index contributed by atoms with van der Waals surface area (Å²) in [6, 6.07) is -0.828. The van der Waals surface area contributed by atoms with Gasteiger partial charge in [-0.2, -0.15) is 0 Å². The predicted molar refractivity (Wildman–Crippen MR) is 226 cm³/mol. The van der Waals surface area contributed by atoms with Crippen molar-refractivity contribution in [3.63, 3.8) is 0 Å². The number of amides is 1. The van der Waals surface area contributed by atoms with Gasteiger partial charge in [0.1, 0.15) is 24.4 Å². The minimum absolute atomic E-state index is 0.203. The second kappa shape index (κ2) is 36.5. The van der Waals surface area contributed by atoms with Gasteiger partial charge in [0.2, 0.25) is 5.91 Å². The van der Waals surface area contributed by atoms with Gasteiger partial charge >= 0.3 is 0 Å². The van der Waals surface area contributed by atoms with E-state index in [2.05, 4.69) is 55.6 Å². The quantitative estimate of drug-likeness (QED) is 0.0273. The van der Waals surface area contributed by atoms with E-state index in [9.17, 15) is 30.3 Å². The van der Waals surface area contributed by atoms with Gasteiger partial charge in [-0.15, -0.1) is 0 Å². The van der Waals surface area contributed by atoms with E-state index in [1.807, 2.05) is 6.08 Å². The summed E-state index contributed by atoms with van der Waals surface area (Å²) in [6.07, 6.45) is 38.6. The third-order valence-corrected chi connectivity index (χ3v) is 10.4. The van der Waals surface area contributed by atoms with Gasteiger partial charge in [-0.1, -0.05) is 159 Å². The fraction of sp³-hybridized carbons (Fsp3) is 0.804. The van der Waals surface area contributed by atoms with Crippen molar-refractivity contribution in [2.24, 2.45) is 0 Å². The number of hydrogen-bond donors (Lipinski definition) is 6. The van der Waals surface area contributed by atoms with Gasteiger partial charge in [-0.3, -0.25) is 4.79 Å². The number of aliphatic hydroxyl groups is 5. The molecule has 0 aromatic heterocycles. The number of ether oxygens (including phenoxy) is 2. The summed E-state index contributed by atoms with van der Waals surface area (Å²) in [7, 11) is 0. The van der Waals surface area contributed by atoms with Crippen LogP contribution in [0.15, 0.2) is 48.6 Å². The van der Waals surface area contributed by atoms with Gasteiger partial charge in [0.25, 0.3) is 0 Å². The molecule has 0 aromatic carbocycles. The zero-order chi connectivity index (χ0) is 40.2. The molecule has 6 N–H and O–H groups in total. The first-order valence-corrected chi connectivity index (χ1v) is 22.4. The highest BCUT2D eigenvalue weighted by molar-refractivity contribution is 5.76. The predicted octanol–water partition coefficient (Wildman–Crippen LogP) is 9.06. The molecular weight excluding hydrogens is 695 g/mol. The molecule has 1 aliphatic heterocycles. The fourth-order valence-electron chi connectivity index (χ4n) is 6.73. The van der Waals surface area contributed by atoms with Crippen molar-refractivity contribution in [3.05, 3.63) is 48.6 Å². The van der Waals surface area contributed by atoms with Crippen LogP contribution in [0.3, 0.4) is 0 Å². The van der Waals surface area contributed by atoms with Crippen LogP contribution in [0.5, 0.6) is 0 Å². The largest absolute Gasteiger partial charge is 0.394 e. The maximum absolute atomic E-state index is 12.9. The van der Waals surface area contributed by atoms with Crippen LogP contribution in [-0.4, -0.2) is 87.5 Å². The number of carbonyl (C=O) groups is 1. The molecule has 0 radical (unpaired) electrons. The van der Waals surface area contributed by atoms with E-state index in [1.54, 1.807) is 6.08 Å². The highest BCUT2D eigenvalue weighted by atomic mass is 16.7. The lowest BCUT2D eigenvalue weighted by atomic mass is 9.99. The molecule has 0 aromatic rings. The Balaban J connectivity index is 2.42. The van der Waals surface area contributed by atoms with Gasteiger partial charge < -0.3 is 40.3 Å². The van der Waals surface area contributed by atoms with E-state index in [4.69, 9.17) is 9.47 Å². The number of unbranched alkanes of at least 4 members (excludes halogenated alkanes) is 20. The normalized spacial score (nSPS) is 21.8. The van der Waals surface area contributed by atoms with Crippen LogP contribution >= 0.6 is 0 Å². The molecular formula is C46H83NO8. The first-order valence-electron chi connectivity index (χ1n) is 22.4. The van der Waals surface area contributed by atoms with Crippen molar-refractivity contribution >= 4 is 5.91 Å². The second-order valence-corrected chi connectivity index (χ2v) is 15.5. The van der Waals surface area contributed by atoms with Crippen LogP contribution in [0.2, 0.25) is 0 Å². The molecule has 1 saturated heterocycles. The van der Waals surface area contributed by atoms with E-state index in [1.165, 1.54) is 96.3 Å². The standard InChI is InChI=1S/C46H83NO8/c1-3-5-7-9-11-13-15-17-19-21-23-25-27-29-31-33-35-40(49)39(38-54-46-45(53)44(52)43(51)41(37-48)55-46)47-42(50)36-34-32-30-28-26-24-22-20-18-16-14-12-10-8-6-4-2/h14,16,20,22,25,27,33,35,39-41,43-46,48-49,51-53H,3-13,15,17-19,21,23-24,26,28-32,34,36-38H2,1-2H3,(H,47,50)/b16-14-,22-20-,27-25+,35-33+. The molecule has 55 heavy (non-hydrogen) atoms. The molecule has 1 amide bonds. The summed E-state index contributed by atoms with van der Waals surface area (Å²) in [5.41, 5.74) is 0. The molecule has 0 aliphatic carbocycles. The lowest BCUT2D eigenvalue weighted by Gasteiger charge is -2.40. The Morgan fingerprint density at radius 2 is 1.09 bits per heavy atom. The zero-order valence-corrected chi connectivity index (χ0v) is 34.9. The van der Waals surface area contributed by atoms with Crippen LogP contribution in [0, 0.1) is 0 Å². The number of rotatable bonds is 36. The summed E-state index contributed by atoms with van der Waals surface area (Å²) in [6.45, 7) is 3.71. The first kappa shape index (κ1) is 51.2. The van der Waals surface area contributed by atoms with Gasteiger partial charge in [0.15, 0.2) is 6.29 Å². The van der Waals surface area contributed by atoms with Gasteiger partial charge in [0.05, 0.1) is 25.4 Å². The van der Waals surface area contributed by atoms with Gasteiger partial charge in [-0.25, -0.2) is 0 Å². The highest BCUT2D eigenvalue weighted by Gasteiger charge is 2.44. The average molecular weight is 778 g/mol. The third kappa shape index (κ3) is 27.4. The Bertz CT molecular complexity index is 998. The van der Waals surface area contributed by atoms with E-state index < -0.39 is 49.5 Å². The summed E-state index contributed by atoms with van der Waals surface area (Å²) in [5.74, 6) is -0.203.